The molecule has 2 aromatic carbocycles. The molecule has 0 radical (unpaired) electrons. The van der Waals surface area contributed by atoms with Crippen molar-refractivity contribution in [3.05, 3.63) is 60.2 Å². The first kappa shape index (κ1) is 25.2. The van der Waals surface area contributed by atoms with Crippen LogP contribution in [-0.2, 0) is 16.0 Å². The average Bonchev–Trinajstić information content (AvgIpc) is 2.61. The number of benzene rings is 2. The molecular weight excluding hydrogens is 377 g/mol. The van der Waals surface area contributed by atoms with Gasteiger partial charge in [0.25, 0.3) is 0 Å². The molecule has 0 heterocycles. The van der Waals surface area contributed by atoms with Gasteiger partial charge < -0.3 is 15.2 Å². The second-order valence-electron chi connectivity index (χ2n) is 8.09. The number of hydrogen-bond donors (Lipinski definition) is 2. The molecule has 0 saturated carbocycles. The van der Waals surface area contributed by atoms with Gasteiger partial charge in [0, 0.05) is 6.04 Å². The molecule has 5 nitrogen and oxygen atoms in total. The first-order chi connectivity index (χ1) is 13.1. The van der Waals surface area contributed by atoms with E-state index in [0.717, 1.165) is 16.7 Å². The topological polar surface area (TPSA) is 75.6 Å². The Morgan fingerprint density at radius 2 is 1.55 bits per heavy atom. The molecule has 0 fully saturated rings. The summed E-state index contributed by atoms with van der Waals surface area (Å²) in [5.41, 5.74) is 2.67. The second-order valence-corrected chi connectivity index (χ2v) is 8.09. The van der Waals surface area contributed by atoms with Crippen LogP contribution in [0.2, 0.25) is 0 Å². The predicted molar refractivity (Wildman–Crippen MR) is 117 cm³/mol. The van der Waals surface area contributed by atoms with E-state index in [4.69, 9.17) is 4.74 Å². The van der Waals surface area contributed by atoms with Crippen LogP contribution in [0.1, 0.15) is 39.7 Å². The number of ether oxygens (including phenoxy) is 1. The van der Waals surface area contributed by atoms with E-state index in [0.29, 0.717) is 12.8 Å². The summed E-state index contributed by atoms with van der Waals surface area (Å²) in [4.78, 5) is 23.4. The molecule has 0 aliphatic rings. The van der Waals surface area contributed by atoms with Crippen molar-refractivity contribution in [2.75, 3.05) is 0 Å². The Morgan fingerprint density at radius 1 is 1.00 bits per heavy atom. The van der Waals surface area contributed by atoms with Crippen LogP contribution in [-0.4, -0.2) is 58.4 Å². The normalized spacial score (nSPS) is 13.0. The van der Waals surface area contributed by atoms with Gasteiger partial charge in [-0.25, -0.2) is 4.79 Å². The number of aliphatic carboxylic acids is 1. The molecule has 0 aliphatic heterocycles. The van der Waals surface area contributed by atoms with Crippen LogP contribution in [0.5, 0.6) is 0 Å². The molecule has 0 unspecified atom stereocenters. The summed E-state index contributed by atoms with van der Waals surface area (Å²) < 4.78 is 5.33. The Kier molecular flexibility index (Phi) is 9.90. The van der Waals surface area contributed by atoms with Gasteiger partial charge in [0.05, 0.1) is 5.92 Å². The van der Waals surface area contributed by atoms with Crippen molar-refractivity contribution in [1.29, 1.82) is 0 Å². The number of amides is 1. The van der Waals surface area contributed by atoms with E-state index < -0.39 is 23.6 Å². The summed E-state index contributed by atoms with van der Waals surface area (Å²) in [6.45, 7) is 7.03. The quantitative estimate of drug-likeness (QED) is 0.673. The number of carbonyl (C=O) groups excluding carboxylic acids is 1. The first-order valence-corrected chi connectivity index (χ1v) is 9.51. The summed E-state index contributed by atoms with van der Waals surface area (Å²) in [6.07, 6.45) is 0.331. The van der Waals surface area contributed by atoms with E-state index in [1.165, 1.54) is 0 Å². The Balaban J connectivity index is 0.00000420. The SMILES string of the molecule is C[C@H](C[C@@H](Cc1ccc(-c2ccccc2)cc1)NC(=O)OC(C)(C)C)C(=O)O.[NaH]. The van der Waals surface area contributed by atoms with E-state index in [1.54, 1.807) is 27.7 Å². The molecule has 0 aromatic heterocycles. The fraction of sp³-hybridized carbons (Fsp3) is 0.391. The van der Waals surface area contributed by atoms with Gasteiger partial charge in [0.2, 0.25) is 0 Å². The zero-order valence-electron chi connectivity index (χ0n) is 16.9. The van der Waals surface area contributed by atoms with Gasteiger partial charge in [-0.2, -0.15) is 0 Å². The molecule has 152 valence electrons. The van der Waals surface area contributed by atoms with Crippen molar-refractivity contribution in [3.8, 4) is 11.1 Å². The molecule has 1 amide bonds. The van der Waals surface area contributed by atoms with E-state index in [9.17, 15) is 14.7 Å². The van der Waals surface area contributed by atoms with Crippen LogP contribution >= 0.6 is 0 Å². The van der Waals surface area contributed by atoms with Crippen molar-refractivity contribution >= 4 is 41.6 Å². The maximum atomic E-state index is 12.2. The third-order valence-electron chi connectivity index (χ3n) is 4.32. The fourth-order valence-corrected chi connectivity index (χ4v) is 2.94. The van der Waals surface area contributed by atoms with Gasteiger partial charge >= 0.3 is 41.6 Å². The van der Waals surface area contributed by atoms with Crippen molar-refractivity contribution in [3.63, 3.8) is 0 Å². The Hall–Kier alpha value is -1.82. The first-order valence-electron chi connectivity index (χ1n) is 9.51. The molecule has 6 heteroatoms. The minimum absolute atomic E-state index is 0. The molecule has 2 aromatic rings. The second kappa shape index (κ2) is 11.4. The fourth-order valence-electron chi connectivity index (χ4n) is 2.94. The molecule has 2 atom stereocenters. The monoisotopic (exact) mass is 407 g/mol. The van der Waals surface area contributed by atoms with Gasteiger partial charge in [0.15, 0.2) is 0 Å². The zero-order valence-corrected chi connectivity index (χ0v) is 16.9. The summed E-state index contributed by atoms with van der Waals surface area (Å²) in [6, 6.07) is 17.8. The van der Waals surface area contributed by atoms with Gasteiger partial charge in [-0.15, -0.1) is 0 Å². The van der Waals surface area contributed by atoms with Crippen molar-refractivity contribution < 1.29 is 19.4 Å². The van der Waals surface area contributed by atoms with Crippen LogP contribution in [0.3, 0.4) is 0 Å². The zero-order chi connectivity index (χ0) is 20.7. The van der Waals surface area contributed by atoms with Gasteiger partial charge in [0.1, 0.15) is 5.60 Å². The number of carbonyl (C=O) groups is 2. The molecule has 2 N–H and O–H groups in total. The third kappa shape index (κ3) is 9.03. The standard InChI is InChI=1S/C23H29NO4.Na.H/c1-16(21(25)26)14-20(24-22(27)28-23(2,3)4)15-17-10-12-19(13-11-17)18-8-6-5-7-9-18;;/h5-13,16,20H,14-15H2,1-4H3,(H,24,27)(H,25,26);;/t16-,20+;;/m1../s1. The third-order valence-corrected chi connectivity index (χ3v) is 4.32. The molecule has 29 heavy (non-hydrogen) atoms. The molecule has 0 spiro atoms. The van der Waals surface area contributed by atoms with Crippen LogP contribution in [0.25, 0.3) is 11.1 Å². The maximum absolute atomic E-state index is 12.2. The number of hydrogen-bond acceptors (Lipinski definition) is 3. The van der Waals surface area contributed by atoms with Gasteiger partial charge in [-0.1, -0.05) is 61.5 Å². The van der Waals surface area contributed by atoms with E-state index >= 15 is 0 Å². The molecule has 0 bridgehead atoms. The summed E-state index contributed by atoms with van der Waals surface area (Å²) in [5.74, 6) is -1.45. The van der Waals surface area contributed by atoms with E-state index in [2.05, 4.69) is 17.4 Å². The van der Waals surface area contributed by atoms with Crippen molar-refractivity contribution in [2.45, 2.75) is 52.2 Å². The number of nitrogens with one attached hydrogen (secondary N) is 1. The molecule has 0 aliphatic carbocycles. The van der Waals surface area contributed by atoms with E-state index in [-0.39, 0.29) is 35.6 Å². The van der Waals surface area contributed by atoms with Crippen molar-refractivity contribution in [2.24, 2.45) is 5.92 Å². The number of rotatable bonds is 7. The number of alkyl carbamates (subject to hydrolysis) is 1. The van der Waals surface area contributed by atoms with Crippen LogP contribution in [0, 0.1) is 5.92 Å². The Morgan fingerprint density at radius 3 is 2.07 bits per heavy atom. The van der Waals surface area contributed by atoms with Gasteiger partial charge in [-0.05, 0) is 50.3 Å². The number of carboxylic acid groups (broad SMARTS) is 1. The number of carboxylic acids is 1. The summed E-state index contributed by atoms with van der Waals surface area (Å²) >= 11 is 0. The van der Waals surface area contributed by atoms with Crippen LogP contribution in [0.15, 0.2) is 54.6 Å². The van der Waals surface area contributed by atoms with Crippen LogP contribution < -0.4 is 5.32 Å². The summed E-state index contributed by atoms with van der Waals surface area (Å²) in [5, 5.41) is 12.1. The molecule has 0 saturated heterocycles. The Bertz CT molecular complexity index is 785. The minimum atomic E-state index is -0.879. The molecular formula is C23H30NNaO4. The Labute approximate surface area is 195 Å². The predicted octanol–water partition coefficient (Wildman–Crippen LogP) is 4.25. The molecule has 2 rings (SSSR count). The average molecular weight is 407 g/mol. The van der Waals surface area contributed by atoms with Gasteiger partial charge in [-0.3, -0.25) is 4.79 Å². The van der Waals surface area contributed by atoms with E-state index in [1.807, 2.05) is 42.5 Å². The summed E-state index contributed by atoms with van der Waals surface area (Å²) in [7, 11) is 0. The van der Waals surface area contributed by atoms with Crippen LogP contribution in [0.4, 0.5) is 4.79 Å². The van der Waals surface area contributed by atoms with Crippen molar-refractivity contribution in [1.82, 2.24) is 5.32 Å².